The van der Waals surface area contributed by atoms with Crippen molar-refractivity contribution in [2.24, 2.45) is 0 Å². The number of unbranched alkanes of at least 4 members (excludes halogenated alkanes) is 1. The van der Waals surface area contributed by atoms with Crippen LogP contribution in [0.25, 0.3) is 0 Å². The van der Waals surface area contributed by atoms with Gasteiger partial charge in [0.25, 0.3) is 0 Å². The molecule has 1 aromatic carbocycles. The molecular weight excluding hydrogens is 160 g/mol. The summed E-state index contributed by atoms with van der Waals surface area (Å²) in [4.78, 5) is 0. The summed E-state index contributed by atoms with van der Waals surface area (Å²) in [5.41, 5.74) is 1.17. The van der Waals surface area contributed by atoms with E-state index in [1.165, 1.54) is 5.56 Å². The van der Waals surface area contributed by atoms with Crippen molar-refractivity contribution in [2.45, 2.75) is 26.7 Å². The van der Waals surface area contributed by atoms with Crippen molar-refractivity contribution in [3.05, 3.63) is 42.2 Å². The number of hydrogen-bond acceptors (Lipinski definition) is 1. The first-order valence-electron chi connectivity index (χ1n) is 4.72. The Balaban J connectivity index is 2.49. The van der Waals surface area contributed by atoms with Crippen LogP contribution < -0.4 is 4.74 Å². The topological polar surface area (TPSA) is 9.23 Å². The number of para-hydroxylation sites is 1. The Morgan fingerprint density at radius 2 is 2.08 bits per heavy atom. The summed E-state index contributed by atoms with van der Waals surface area (Å²) >= 11 is 0. The average molecular weight is 176 g/mol. The van der Waals surface area contributed by atoms with Crippen LogP contribution in [0.3, 0.4) is 0 Å². The first kappa shape index (κ1) is 9.85. The molecule has 13 heavy (non-hydrogen) atoms. The fraction of sp³-hybridized carbons (Fsp3) is 0.333. The van der Waals surface area contributed by atoms with Crippen LogP contribution in [0.2, 0.25) is 0 Å². The van der Waals surface area contributed by atoms with E-state index in [-0.39, 0.29) is 0 Å². The number of benzene rings is 1. The molecule has 0 aliphatic carbocycles. The first-order valence-corrected chi connectivity index (χ1v) is 4.72. The summed E-state index contributed by atoms with van der Waals surface area (Å²) in [6, 6.07) is 8.02. The van der Waals surface area contributed by atoms with Crippen LogP contribution in [-0.4, -0.2) is 0 Å². The van der Waals surface area contributed by atoms with Gasteiger partial charge in [-0.1, -0.05) is 31.5 Å². The van der Waals surface area contributed by atoms with Gasteiger partial charge in [-0.15, -0.1) is 0 Å². The van der Waals surface area contributed by atoms with E-state index in [1.807, 2.05) is 37.3 Å². The van der Waals surface area contributed by atoms with Gasteiger partial charge in [0.15, 0.2) is 0 Å². The molecule has 1 aromatic rings. The number of hydrogen-bond donors (Lipinski definition) is 0. The minimum Gasteiger partial charge on any atom is -0.465 e. The van der Waals surface area contributed by atoms with Crippen LogP contribution >= 0.6 is 0 Å². The first-order chi connectivity index (χ1) is 6.34. The Kier molecular flexibility index (Phi) is 4.10. The van der Waals surface area contributed by atoms with E-state index in [9.17, 15) is 0 Å². The second-order valence-electron chi connectivity index (χ2n) is 3.04. The minimum atomic E-state index is 0.940. The quantitative estimate of drug-likeness (QED) is 0.636. The van der Waals surface area contributed by atoms with Gasteiger partial charge in [-0.3, -0.25) is 0 Å². The van der Waals surface area contributed by atoms with Crippen LogP contribution in [0.15, 0.2) is 36.6 Å². The van der Waals surface area contributed by atoms with Gasteiger partial charge in [0.1, 0.15) is 5.75 Å². The maximum atomic E-state index is 5.46. The Hall–Kier alpha value is -1.24. The molecular formula is C12H16O. The van der Waals surface area contributed by atoms with Crippen molar-refractivity contribution >= 4 is 0 Å². The fourth-order valence-corrected chi connectivity index (χ4v) is 1.04. The van der Waals surface area contributed by atoms with Crippen LogP contribution in [-0.2, 0) is 0 Å². The smallest absolute Gasteiger partial charge is 0.129 e. The number of rotatable bonds is 4. The summed E-state index contributed by atoms with van der Waals surface area (Å²) in [5, 5.41) is 0. The van der Waals surface area contributed by atoms with Gasteiger partial charge in [0.05, 0.1) is 6.26 Å². The molecule has 1 nitrogen and oxygen atoms in total. The van der Waals surface area contributed by atoms with Gasteiger partial charge in [-0.2, -0.15) is 0 Å². The van der Waals surface area contributed by atoms with Crippen molar-refractivity contribution in [1.82, 2.24) is 0 Å². The molecule has 0 aliphatic rings. The van der Waals surface area contributed by atoms with Crippen LogP contribution in [0.5, 0.6) is 5.75 Å². The monoisotopic (exact) mass is 176 g/mol. The molecule has 0 aromatic heterocycles. The van der Waals surface area contributed by atoms with E-state index in [0.29, 0.717) is 0 Å². The molecule has 0 unspecified atom stereocenters. The Labute approximate surface area is 80.0 Å². The Bertz CT molecular complexity index is 276. The van der Waals surface area contributed by atoms with Gasteiger partial charge in [-0.25, -0.2) is 0 Å². The molecule has 0 aliphatic heterocycles. The second kappa shape index (κ2) is 5.41. The molecule has 0 atom stereocenters. The third-order valence-electron chi connectivity index (χ3n) is 1.84. The van der Waals surface area contributed by atoms with Crippen molar-refractivity contribution < 1.29 is 4.74 Å². The molecule has 1 heteroatoms. The molecule has 0 fully saturated rings. The standard InChI is InChI=1S/C12H16O/c1-3-4-7-10-13-12-9-6-5-8-11(12)2/h5-10H,3-4H2,1-2H3/b10-7-. The zero-order valence-electron chi connectivity index (χ0n) is 8.29. The zero-order valence-corrected chi connectivity index (χ0v) is 8.29. The predicted molar refractivity (Wildman–Crippen MR) is 55.9 cm³/mol. The molecule has 0 spiro atoms. The number of allylic oxidation sites excluding steroid dienone is 1. The van der Waals surface area contributed by atoms with E-state index >= 15 is 0 Å². The molecule has 0 N–H and O–H groups in total. The molecule has 70 valence electrons. The van der Waals surface area contributed by atoms with Crippen LogP contribution in [0.1, 0.15) is 25.3 Å². The van der Waals surface area contributed by atoms with Gasteiger partial charge >= 0.3 is 0 Å². The van der Waals surface area contributed by atoms with E-state index in [2.05, 4.69) is 6.92 Å². The highest BCUT2D eigenvalue weighted by Gasteiger charge is 1.93. The molecule has 0 saturated carbocycles. The second-order valence-corrected chi connectivity index (χ2v) is 3.04. The van der Waals surface area contributed by atoms with Crippen molar-refractivity contribution in [2.75, 3.05) is 0 Å². The van der Waals surface area contributed by atoms with Gasteiger partial charge in [-0.05, 0) is 31.1 Å². The van der Waals surface area contributed by atoms with E-state index in [1.54, 1.807) is 6.26 Å². The summed E-state index contributed by atoms with van der Waals surface area (Å²) < 4.78 is 5.46. The minimum absolute atomic E-state index is 0.940. The number of ether oxygens (including phenoxy) is 1. The highest BCUT2D eigenvalue weighted by Crippen LogP contribution is 2.16. The summed E-state index contributed by atoms with van der Waals surface area (Å²) in [7, 11) is 0. The summed E-state index contributed by atoms with van der Waals surface area (Å²) in [6.45, 7) is 4.20. The lowest BCUT2D eigenvalue weighted by molar-refractivity contribution is 0.475. The summed E-state index contributed by atoms with van der Waals surface area (Å²) in [6.07, 6.45) is 6.05. The number of aryl methyl sites for hydroxylation is 1. The van der Waals surface area contributed by atoms with Gasteiger partial charge in [0, 0.05) is 0 Å². The van der Waals surface area contributed by atoms with Gasteiger partial charge < -0.3 is 4.74 Å². The van der Waals surface area contributed by atoms with Crippen LogP contribution in [0.4, 0.5) is 0 Å². The SMILES string of the molecule is CCC/C=C\Oc1ccccc1C. The lowest BCUT2D eigenvalue weighted by Crippen LogP contribution is -1.84. The molecule has 0 bridgehead atoms. The third kappa shape index (κ3) is 3.32. The highest BCUT2D eigenvalue weighted by molar-refractivity contribution is 5.32. The molecule has 0 radical (unpaired) electrons. The van der Waals surface area contributed by atoms with Crippen molar-refractivity contribution in [1.29, 1.82) is 0 Å². The van der Waals surface area contributed by atoms with E-state index in [4.69, 9.17) is 4.74 Å². The van der Waals surface area contributed by atoms with E-state index < -0.39 is 0 Å². The molecule has 0 amide bonds. The average Bonchev–Trinajstić information content (AvgIpc) is 2.15. The maximum Gasteiger partial charge on any atom is 0.129 e. The molecule has 0 saturated heterocycles. The Morgan fingerprint density at radius 3 is 2.77 bits per heavy atom. The largest absolute Gasteiger partial charge is 0.465 e. The molecule has 0 heterocycles. The predicted octanol–water partition coefficient (Wildman–Crippen LogP) is 3.69. The molecule has 1 rings (SSSR count). The van der Waals surface area contributed by atoms with Crippen molar-refractivity contribution in [3.63, 3.8) is 0 Å². The highest BCUT2D eigenvalue weighted by atomic mass is 16.5. The zero-order chi connectivity index (χ0) is 9.52. The fourth-order valence-electron chi connectivity index (χ4n) is 1.04. The lowest BCUT2D eigenvalue weighted by Gasteiger charge is -2.02. The third-order valence-corrected chi connectivity index (χ3v) is 1.84. The normalized spacial score (nSPS) is 10.6. The Morgan fingerprint density at radius 1 is 1.31 bits per heavy atom. The van der Waals surface area contributed by atoms with Crippen LogP contribution in [0, 0.1) is 6.92 Å². The summed E-state index contributed by atoms with van der Waals surface area (Å²) in [5.74, 6) is 0.940. The van der Waals surface area contributed by atoms with E-state index in [0.717, 1.165) is 18.6 Å². The lowest BCUT2D eigenvalue weighted by atomic mass is 10.2. The van der Waals surface area contributed by atoms with Gasteiger partial charge in [0.2, 0.25) is 0 Å². The van der Waals surface area contributed by atoms with Crippen molar-refractivity contribution in [3.8, 4) is 5.75 Å². The maximum absolute atomic E-state index is 5.46.